The van der Waals surface area contributed by atoms with Crippen molar-refractivity contribution in [2.75, 3.05) is 59.5 Å². The first kappa shape index (κ1) is 45.1. The molecule has 0 bridgehead atoms. The Labute approximate surface area is 325 Å². The molecule has 0 aliphatic carbocycles. The van der Waals surface area contributed by atoms with Gasteiger partial charge in [0, 0.05) is 99.4 Å². The van der Waals surface area contributed by atoms with E-state index in [4.69, 9.17) is 25.7 Å². The quantitative estimate of drug-likeness (QED) is 0.127. The first-order valence-corrected chi connectivity index (χ1v) is 19.1. The van der Waals surface area contributed by atoms with Crippen LogP contribution in [0.5, 0.6) is 0 Å². The Kier molecular flexibility index (Phi) is 19.3. The zero-order valence-electron chi connectivity index (χ0n) is 33.0. The van der Waals surface area contributed by atoms with E-state index in [2.05, 4.69) is 49.9 Å². The maximum atomic E-state index is 10.6. The fourth-order valence-corrected chi connectivity index (χ4v) is 6.44. The third kappa shape index (κ3) is 15.4. The summed E-state index contributed by atoms with van der Waals surface area (Å²) in [6.07, 6.45) is 5.62. The number of hydrogen-bond acceptors (Lipinski definition) is 12. The van der Waals surface area contributed by atoms with Crippen molar-refractivity contribution in [1.82, 2.24) is 9.80 Å². The van der Waals surface area contributed by atoms with Crippen molar-refractivity contribution in [3.63, 3.8) is 0 Å². The maximum absolute atomic E-state index is 10.6. The number of hydrogen-bond donors (Lipinski definition) is 2. The number of nitro groups is 2. The van der Waals surface area contributed by atoms with E-state index in [9.17, 15) is 25.0 Å². The molecule has 302 valence electrons. The zero-order valence-corrected chi connectivity index (χ0v) is 33.0. The molecule has 0 saturated carbocycles. The topological polar surface area (TPSA) is 190 Å². The number of carbonyl (C=O) groups is 1. The third-order valence-corrected chi connectivity index (χ3v) is 10.4. The molecular formula is C41H60N6O8. The normalized spacial score (nSPS) is 18.0. The highest BCUT2D eigenvalue weighted by Gasteiger charge is 2.24. The number of rotatable bonds is 9. The molecule has 0 aromatic heterocycles. The highest BCUT2D eigenvalue weighted by Crippen LogP contribution is 2.27. The van der Waals surface area contributed by atoms with Crippen LogP contribution in [0.3, 0.4) is 0 Å². The first-order valence-electron chi connectivity index (χ1n) is 19.1. The molecule has 3 aromatic carbocycles. The van der Waals surface area contributed by atoms with Gasteiger partial charge in [0.25, 0.3) is 11.4 Å². The van der Waals surface area contributed by atoms with E-state index >= 15 is 0 Å². The molecule has 3 atom stereocenters. The molecule has 6 rings (SSSR count). The Hall–Kier alpha value is -4.31. The van der Waals surface area contributed by atoms with Crippen LogP contribution in [0.1, 0.15) is 94.1 Å². The SMILES string of the molecule is C[C@@H](N)c1ccc([N+](=O)[O-])cc1.C[C@H](c1ccc(N)cc1)N(C)C1CCOCC1.C[C@H](c1ccc([N+](=O)[O-])cc1)N(C)C1CCOCC1.O=C1CCOCC1. The van der Waals surface area contributed by atoms with Gasteiger partial charge in [0.05, 0.1) is 23.1 Å². The number of nitrogens with two attached hydrogens (primary N) is 2. The molecule has 3 saturated heterocycles. The minimum Gasteiger partial charge on any atom is -0.399 e. The van der Waals surface area contributed by atoms with Crippen LogP contribution < -0.4 is 11.5 Å². The second kappa shape index (κ2) is 23.6. The van der Waals surface area contributed by atoms with E-state index in [1.165, 1.54) is 17.7 Å². The zero-order chi connectivity index (χ0) is 40.3. The van der Waals surface area contributed by atoms with Crippen LogP contribution in [0.4, 0.5) is 17.1 Å². The van der Waals surface area contributed by atoms with Gasteiger partial charge in [-0.05, 0) is 89.4 Å². The number of non-ortho nitro benzene ring substituents is 2. The molecule has 55 heavy (non-hydrogen) atoms. The van der Waals surface area contributed by atoms with Crippen LogP contribution in [-0.2, 0) is 19.0 Å². The van der Waals surface area contributed by atoms with Gasteiger partial charge in [-0.3, -0.25) is 34.8 Å². The lowest BCUT2D eigenvalue weighted by Gasteiger charge is -2.35. The van der Waals surface area contributed by atoms with Gasteiger partial charge >= 0.3 is 0 Å². The third-order valence-electron chi connectivity index (χ3n) is 10.4. The van der Waals surface area contributed by atoms with Crippen molar-refractivity contribution >= 4 is 22.8 Å². The summed E-state index contributed by atoms with van der Waals surface area (Å²) >= 11 is 0. The van der Waals surface area contributed by atoms with Gasteiger partial charge in [-0.25, -0.2) is 0 Å². The lowest BCUT2D eigenvalue weighted by Crippen LogP contribution is -2.38. The average Bonchev–Trinajstić information content (AvgIpc) is 3.21. The highest BCUT2D eigenvalue weighted by molar-refractivity contribution is 5.79. The summed E-state index contributed by atoms with van der Waals surface area (Å²) in [7, 11) is 4.32. The molecule has 3 fully saturated rings. The van der Waals surface area contributed by atoms with Crippen LogP contribution in [0.25, 0.3) is 0 Å². The number of carbonyl (C=O) groups excluding carboxylic acids is 1. The molecule has 0 unspecified atom stereocenters. The second-order valence-corrected chi connectivity index (χ2v) is 14.2. The molecule has 3 heterocycles. The molecule has 3 aromatic rings. The molecule has 14 heteroatoms. The van der Waals surface area contributed by atoms with E-state index in [0.717, 1.165) is 68.9 Å². The Morgan fingerprint density at radius 2 is 0.927 bits per heavy atom. The number of nitro benzene ring substituents is 2. The Balaban J connectivity index is 0.000000207. The van der Waals surface area contributed by atoms with Gasteiger partial charge in [-0.15, -0.1) is 0 Å². The van der Waals surface area contributed by atoms with E-state index in [-0.39, 0.29) is 28.4 Å². The molecule has 0 spiro atoms. The van der Waals surface area contributed by atoms with Crippen molar-refractivity contribution in [2.24, 2.45) is 5.73 Å². The smallest absolute Gasteiger partial charge is 0.269 e. The summed E-state index contributed by atoms with van der Waals surface area (Å²) in [5.41, 5.74) is 15.7. The molecule has 3 aliphatic rings. The first-order chi connectivity index (χ1) is 26.3. The van der Waals surface area contributed by atoms with Gasteiger partial charge in [-0.1, -0.05) is 36.4 Å². The Morgan fingerprint density at radius 1 is 0.600 bits per heavy atom. The fraction of sp³-hybridized carbons (Fsp3) is 0.537. The van der Waals surface area contributed by atoms with Crippen molar-refractivity contribution in [2.45, 2.75) is 89.5 Å². The van der Waals surface area contributed by atoms with E-state index in [0.29, 0.717) is 50.0 Å². The van der Waals surface area contributed by atoms with Crippen LogP contribution in [-0.4, -0.2) is 91.3 Å². The summed E-state index contributed by atoms with van der Waals surface area (Å²) in [5.74, 6) is 0.339. The maximum Gasteiger partial charge on any atom is 0.269 e. The van der Waals surface area contributed by atoms with E-state index in [1.807, 2.05) is 31.2 Å². The number of anilines is 1. The Morgan fingerprint density at radius 3 is 1.24 bits per heavy atom. The monoisotopic (exact) mass is 764 g/mol. The lowest BCUT2D eigenvalue weighted by molar-refractivity contribution is -0.385. The summed E-state index contributed by atoms with van der Waals surface area (Å²) < 4.78 is 15.7. The number of Topliss-reactive ketones (excluding diaryl/α,β-unsaturated/α-hetero) is 1. The molecule has 14 nitrogen and oxygen atoms in total. The van der Waals surface area contributed by atoms with Gasteiger partial charge < -0.3 is 25.7 Å². The minimum atomic E-state index is -0.426. The number of nitrogen functional groups attached to an aromatic ring is 1. The molecule has 4 N–H and O–H groups in total. The number of benzene rings is 3. The van der Waals surface area contributed by atoms with Gasteiger partial charge in [0.1, 0.15) is 5.78 Å². The van der Waals surface area contributed by atoms with Crippen LogP contribution in [0, 0.1) is 20.2 Å². The number of ether oxygens (including phenoxy) is 3. The molecular weight excluding hydrogens is 704 g/mol. The van der Waals surface area contributed by atoms with Gasteiger partial charge in [-0.2, -0.15) is 0 Å². The average molecular weight is 765 g/mol. The summed E-state index contributed by atoms with van der Waals surface area (Å²) in [6, 6.07) is 23.1. The molecule has 0 radical (unpaired) electrons. The lowest BCUT2D eigenvalue weighted by atomic mass is 10.0. The summed E-state index contributed by atoms with van der Waals surface area (Å²) in [5, 5.41) is 20.9. The van der Waals surface area contributed by atoms with Gasteiger partial charge in [0.2, 0.25) is 0 Å². The predicted molar refractivity (Wildman–Crippen MR) is 215 cm³/mol. The molecule has 3 aliphatic heterocycles. The van der Waals surface area contributed by atoms with Crippen LogP contribution >= 0.6 is 0 Å². The van der Waals surface area contributed by atoms with Crippen LogP contribution in [0.15, 0.2) is 72.8 Å². The predicted octanol–water partition coefficient (Wildman–Crippen LogP) is 7.19. The summed E-state index contributed by atoms with van der Waals surface area (Å²) in [4.78, 5) is 35.3. The fourth-order valence-electron chi connectivity index (χ4n) is 6.44. The van der Waals surface area contributed by atoms with Crippen molar-refractivity contribution in [3.05, 3.63) is 110 Å². The van der Waals surface area contributed by atoms with Gasteiger partial charge in [0.15, 0.2) is 0 Å². The van der Waals surface area contributed by atoms with Crippen molar-refractivity contribution in [3.8, 4) is 0 Å². The Bertz CT molecular complexity index is 1570. The molecule has 0 amide bonds. The van der Waals surface area contributed by atoms with Crippen LogP contribution in [0.2, 0.25) is 0 Å². The standard InChI is InChI=1S/C14H20N2O3.C14H22N2O.C8H10N2O2.C5H8O2/c1-11(15(2)13-7-9-19-10-8-13)12-3-5-14(6-4-12)16(17)18;1-11(12-3-5-13(15)6-4-12)16(2)14-7-9-17-10-8-14;1-6(9)7-2-4-8(5-3-7)10(11)12;6-5-1-3-7-4-2-5/h3-6,11,13H,7-10H2,1-2H3;3-6,11,14H,7-10,15H2,1-2H3;2-6H,9H2,1H3;1-4H2/t2*11-;6-;/m111./s1. The summed E-state index contributed by atoms with van der Waals surface area (Å²) in [6.45, 7) is 10.9. The highest BCUT2D eigenvalue weighted by atomic mass is 16.6. The minimum absolute atomic E-state index is 0.0780. The van der Waals surface area contributed by atoms with Crippen molar-refractivity contribution < 1.29 is 28.9 Å². The van der Waals surface area contributed by atoms with Crippen molar-refractivity contribution in [1.29, 1.82) is 0 Å². The number of nitrogens with zero attached hydrogens (tertiary/aromatic N) is 4. The second-order valence-electron chi connectivity index (χ2n) is 14.2. The largest absolute Gasteiger partial charge is 0.399 e. The van der Waals surface area contributed by atoms with E-state index in [1.54, 1.807) is 24.3 Å². The number of ketones is 1. The van der Waals surface area contributed by atoms with E-state index < -0.39 is 4.92 Å².